The SMILES string of the molecule is COc1ccc(-n2nc(C(=O)OS)c3c2C(=O)N(c2ccc(C4(CNc5nccs5)CC4)cc2)CC3)cc1. The number of thiol groups is 1. The van der Waals surface area contributed by atoms with E-state index >= 15 is 0 Å². The number of carbonyl (C=O) groups excluding carboxylic acids is 2. The van der Waals surface area contributed by atoms with Crippen LogP contribution in [0, 0.1) is 0 Å². The lowest BCUT2D eigenvalue weighted by atomic mass is 9.95. The van der Waals surface area contributed by atoms with Gasteiger partial charge in [-0.2, -0.15) is 5.10 Å². The molecular formula is C27H25N5O4S2. The summed E-state index contributed by atoms with van der Waals surface area (Å²) in [4.78, 5) is 32.3. The Morgan fingerprint density at radius 1 is 1.13 bits per heavy atom. The topological polar surface area (TPSA) is 98.6 Å². The first kappa shape index (κ1) is 24.5. The molecule has 0 bridgehead atoms. The number of ether oxygens (including phenoxy) is 1. The third kappa shape index (κ3) is 4.31. The number of nitrogens with zero attached hydrogens (tertiary/aromatic N) is 4. The Morgan fingerprint density at radius 3 is 2.50 bits per heavy atom. The van der Waals surface area contributed by atoms with Crippen molar-refractivity contribution in [2.45, 2.75) is 24.7 Å². The van der Waals surface area contributed by atoms with Crippen molar-refractivity contribution in [1.82, 2.24) is 14.8 Å². The maximum Gasteiger partial charge on any atom is 0.370 e. The number of aromatic nitrogens is 3. The van der Waals surface area contributed by atoms with Gasteiger partial charge in [-0.3, -0.25) is 4.79 Å². The summed E-state index contributed by atoms with van der Waals surface area (Å²) in [5.74, 6) is -0.247. The standard InChI is InChI=1S/C27H25N5O4S2/c1-35-20-8-6-19(7-9-20)32-23-21(22(30-32)25(34)36-37)10-14-31(24(23)33)18-4-2-17(3-5-18)27(11-12-27)16-29-26-28-13-15-38-26/h2-9,13,15,37H,10-12,14,16H2,1H3,(H,28,29). The highest BCUT2D eigenvalue weighted by atomic mass is 32.1. The molecule has 1 aliphatic carbocycles. The van der Waals surface area contributed by atoms with E-state index in [9.17, 15) is 9.59 Å². The van der Waals surface area contributed by atoms with Crippen LogP contribution in [0.3, 0.4) is 0 Å². The number of hydrogen-bond acceptors (Lipinski definition) is 9. The number of fused-ring (bicyclic) bond motifs is 1. The number of nitrogens with one attached hydrogen (secondary N) is 1. The molecule has 0 unspecified atom stereocenters. The van der Waals surface area contributed by atoms with Crippen LogP contribution in [-0.2, 0) is 16.0 Å². The van der Waals surface area contributed by atoms with Gasteiger partial charge in [-0.05, 0) is 61.2 Å². The molecule has 3 heterocycles. The van der Waals surface area contributed by atoms with Crippen LogP contribution in [0.1, 0.15) is 44.9 Å². The zero-order valence-corrected chi connectivity index (χ0v) is 22.3. The van der Waals surface area contributed by atoms with Crippen LogP contribution in [-0.4, -0.2) is 46.8 Å². The molecule has 6 rings (SSSR count). The van der Waals surface area contributed by atoms with Gasteiger partial charge in [-0.15, -0.1) is 11.3 Å². The summed E-state index contributed by atoms with van der Waals surface area (Å²) in [5, 5.41) is 10.8. The van der Waals surface area contributed by atoms with Crippen LogP contribution in [0.2, 0.25) is 0 Å². The molecule has 38 heavy (non-hydrogen) atoms. The van der Waals surface area contributed by atoms with Gasteiger partial charge in [0, 0.05) is 54.2 Å². The van der Waals surface area contributed by atoms with Gasteiger partial charge in [0.25, 0.3) is 5.91 Å². The molecule has 9 nitrogen and oxygen atoms in total. The quantitative estimate of drug-likeness (QED) is 0.244. The van der Waals surface area contributed by atoms with Crippen molar-refractivity contribution >= 4 is 46.9 Å². The normalized spacial score (nSPS) is 15.6. The van der Waals surface area contributed by atoms with Gasteiger partial charge in [0.05, 0.1) is 12.8 Å². The van der Waals surface area contributed by atoms with Gasteiger partial charge in [0.2, 0.25) is 0 Å². The van der Waals surface area contributed by atoms with E-state index < -0.39 is 5.97 Å². The molecule has 1 saturated carbocycles. The Bertz CT molecular complexity index is 1480. The van der Waals surface area contributed by atoms with Crippen LogP contribution in [0.4, 0.5) is 10.8 Å². The molecule has 0 spiro atoms. The average molecular weight is 548 g/mol. The number of methoxy groups -OCH3 is 1. The Hall–Kier alpha value is -3.83. The predicted molar refractivity (Wildman–Crippen MR) is 148 cm³/mol. The van der Waals surface area contributed by atoms with Gasteiger partial charge in [0.1, 0.15) is 11.4 Å². The lowest BCUT2D eigenvalue weighted by Gasteiger charge is -2.28. The number of rotatable bonds is 8. The fourth-order valence-electron chi connectivity index (χ4n) is 4.99. The van der Waals surface area contributed by atoms with Crippen LogP contribution in [0.15, 0.2) is 60.1 Å². The maximum absolute atomic E-state index is 13.8. The zero-order chi connectivity index (χ0) is 26.3. The minimum absolute atomic E-state index is 0.0950. The Morgan fingerprint density at radius 2 is 1.87 bits per heavy atom. The predicted octanol–water partition coefficient (Wildman–Crippen LogP) is 4.69. The monoisotopic (exact) mass is 547 g/mol. The molecule has 194 valence electrons. The molecular weight excluding hydrogens is 522 g/mol. The van der Waals surface area contributed by atoms with Crippen LogP contribution in [0.5, 0.6) is 5.75 Å². The third-order valence-corrected chi connectivity index (χ3v) is 8.16. The molecule has 2 aromatic carbocycles. The Balaban J connectivity index is 1.29. The van der Waals surface area contributed by atoms with Crippen molar-refractivity contribution in [2.75, 3.05) is 30.4 Å². The maximum atomic E-state index is 13.8. The van der Waals surface area contributed by atoms with Crippen LogP contribution >= 0.6 is 24.2 Å². The Kier molecular flexibility index (Phi) is 6.32. The second kappa shape index (κ2) is 9.80. The van der Waals surface area contributed by atoms with E-state index in [2.05, 4.69) is 44.6 Å². The first-order valence-corrected chi connectivity index (χ1v) is 13.5. The average Bonchev–Trinajstić information content (AvgIpc) is 3.37. The first-order valence-electron chi connectivity index (χ1n) is 12.2. The smallest absolute Gasteiger partial charge is 0.370 e. The van der Waals surface area contributed by atoms with Gasteiger partial charge >= 0.3 is 5.97 Å². The zero-order valence-electron chi connectivity index (χ0n) is 20.6. The summed E-state index contributed by atoms with van der Waals surface area (Å²) in [6, 6.07) is 15.4. The minimum Gasteiger partial charge on any atom is -0.497 e. The van der Waals surface area contributed by atoms with Gasteiger partial charge in [0.15, 0.2) is 10.8 Å². The van der Waals surface area contributed by atoms with Gasteiger partial charge < -0.3 is 19.1 Å². The number of benzene rings is 2. The summed E-state index contributed by atoms with van der Waals surface area (Å²) in [6.45, 7) is 1.25. The fourth-order valence-corrected chi connectivity index (χ4v) is 5.61. The lowest BCUT2D eigenvalue weighted by Crippen LogP contribution is -2.39. The van der Waals surface area contributed by atoms with Crippen molar-refractivity contribution in [3.63, 3.8) is 0 Å². The number of carbonyl (C=O) groups is 2. The van der Waals surface area contributed by atoms with Crippen LogP contribution in [0.25, 0.3) is 5.69 Å². The van der Waals surface area contributed by atoms with Crippen molar-refractivity contribution in [1.29, 1.82) is 0 Å². The summed E-state index contributed by atoms with van der Waals surface area (Å²) in [5.41, 5.74) is 3.77. The van der Waals surface area contributed by atoms with Crippen molar-refractivity contribution in [2.24, 2.45) is 0 Å². The van der Waals surface area contributed by atoms with Crippen molar-refractivity contribution in [3.8, 4) is 11.4 Å². The second-order valence-electron chi connectivity index (χ2n) is 9.39. The minimum atomic E-state index is -0.691. The van der Waals surface area contributed by atoms with E-state index in [1.54, 1.807) is 53.8 Å². The van der Waals surface area contributed by atoms with Crippen molar-refractivity contribution in [3.05, 3.63) is 82.6 Å². The fraction of sp³-hybridized carbons (Fsp3) is 0.259. The summed E-state index contributed by atoms with van der Waals surface area (Å²) in [6.07, 6.45) is 4.48. The summed E-state index contributed by atoms with van der Waals surface area (Å²) >= 11 is 5.26. The van der Waals surface area contributed by atoms with E-state index in [1.807, 2.05) is 17.5 Å². The van der Waals surface area contributed by atoms with Gasteiger partial charge in [-0.25, -0.2) is 14.5 Å². The molecule has 4 aromatic rings. The number of amides is 1. The summed E-state index contributed by atoms with van der Waals surface area (Å²) in [7, 11) is 1.58. The van der Waals surface area contributed by atoms with E-state index in [-0.39, 0.29) is 17.0 Å². The highest BCUT2D eigenvalue weighted by Crippen LogP contribution is 2.48. The largest absolute Gasteiger partial charge is 0.497 e. The number of hydrogen-bond donors (Lipinski definition) is 2. The first-order chi connectivity index (χ1) is 18.5. The van der Waals surface area contributed by atoms with Gasteiger partial charge in [-0.1, -0.05) is 12.1 Å². The third-order valence-electron chi connectivity index (χ3n) is 7.27. The van der Waals surface area contributed by atoms with Crippen LogP contribution < -0.4 is 15.0 Å². The molecule has 1 aliphatic heterocycles. The molecule has 11 heteroatoms. The molecule has 1 amide bonds. The second-order valence-corrected chi connectivity index (χ2v) is 10.5. The molecule has 0 saturated heterocycles. The molecule has 2 aliphatic rings. The van der Waals surface area contributed by atoms with E-state index in [0.717, 1.165) is 30.2 Å². The Labute approximate surface area is 229 Å². The molecule has 0 radical (unpaired) electrons. The number of anilines is 2. The molecule has 2 aromatic heterocycles. The molecule has 1 fully saturated rings. The molecule has 1 N–H and O–H groups in total. The summed E-state index contributed by atoms with van der Waals surface area (Å²) < 4.78 is 11.4. The van der Waals surface area contributed by atoms with E-state index in [4.69, 9.17) is 4.74 Å². The molecule has 0 atom stereocenters. The van der Waals surface area contributed by atoms with E-state index in [0.29, 0.717) is 35.7 Å². The van der Waals surface area contributed by atoms with E-state index in [1.165, 1.54) is 10.2 Å². The van der Waals surface area contributed by atoms with Crippen molar-refractivity contribution < 1.29 is 18.5 Å². The number of thiazole rings is 1. The highest BCUT2D eigenvalue weighted by Gasteiger charge is 2.44. The lowest BCUT2D eigenvalue weighted by molar-refractivity contribution is 0.0764. The highest BCUT2D eigenvalue weighted by molar-refractivity contribution is 7.75.